The van der Waals surface area contributed by atoms with E-state index >= 15 is 0 Å². The Morgan fingerprint density at radius 3 is 2.60 bits per heavy atom. The molecule has 0 aliphatic rings. The van der Waals surface area contributed by atoms with Crippen molar-refractivity contribution in [1.29, 1.82) is 0 Å². The lowest BCUT2D eigenvalue weighted by Gasteiger charge is -2.11. The van der Waals surface area contributed by atoms with Gasteiger partial charge in [0.15, 0.2) is 0 Å². The molecule has 0 heterocycles. The van der Waals surface area contributed by atoms with Crippen molar-refractivity contribution >= 4 is 21.8 Å². The Hall–Kier alpha value is -0.870. The largest absolute Gasteiger partial charge is 0.370 e. The molecule has 1 amide bonds. The molecule has 0 aromatic heterocycles. The van der Waals surface area contributed by atoms with Crippen molar-refractivity contribution in [3.8, 4) is 0 Å². The van der Waals surface area contributed by atoms with Crippen LogP contribution in [0.5, 0.6) is 0 Å². The van der Waals surface area contributed by atoms with Crippen molar-refractivity contribution in [3.05, 3.63) is 34.3 Å². The maximum absolute atomic E-state index is 10.6. The summed E-state index contributed by atoms with van der Waals surface area (Å²) in [5.74, 6) is -0.272. The monoisotopic (exact) mass is 270 g/mol. The molecule has 3 nitrogen and oxygen atoms in total. The van der Waals surface area contributed by atoms with E-state index in [2.05, 4.69) is 21.2 Å². The van der Waals surface area contributed by atoms with Crippen LogP contribution in [0.2, 0.25) is 0 Å². The van der Waals surface area contributed by atoms with E-state index in [1.807, 2.05) is 31.2 Å². The first-order valence-electron chi connectivity index (χ1n) is 4.84. The van der Waals surface area contributed by atoms with E-state index in [0.29, 0.717) is 6.42 Å². The van der Waals surface area contributed by atoms with Gasteiger partial charge in [0.2, 0.25) is 5.91 Å². The number of hydrogen-bond donors (Lipinski definition) is 2. The fraction of sp³-hybridized carbons (Fsp3) is 0.364. The predicted molar refractivity (Wildman–Crippen MR) is 64.3 cm³/mol. The highest BCUT2D eigenvalue weighted by Gasteiger charge is 2.04. The summed E-state index contributed by atoms with van der Waals surface area (Å²) in [5.41, 5.74) is 6.29. The molecule has 0 radical (unpaired) electrons. The quantitative estimate of drug-likeness (QED) is 0.858. The second kappa shape index (κ2) is 5.88. The van der Waals surface area contributed by atoms with Crippen LogP contribution < -0.4 is 11.1 Å². The van der Waals surface area contributed by atoms with Crippen LogP contribution in [0.4, 0.5) is 0 Å². The minimum atomic E-state index is -0.272. The summed E-state index contributed by atoms with van der Waals surface area (Å²) >= 11 is 3.38. The van der Waals surface area contributed by atoms with Gasteiger partial charge in [0, 0.05) is 23.5 Å². The van der Waals surface area contributed by atoms with Gasteiger partial charge in [0.05, 0.1) is 0 Å². The number of halogens is 1. The van der Waals surface area contributed by atoms with Gasteiger partial charge in [-0.15, -0.1) is 0 Å². The fourth-order valence-electron chi connectivity index (χ4n) is 1.27. The Morgan fingerprint density at radius 1 is 1.47 bits per heavy atom. The lowest BCUT2D eigenvalue weighted by molar-refractivity contribution is -0.118. The number of carbonyl (C=O) groups excluding carboxylic acids is 1. The van der Waals surface area contributed by atoms with Gasteiger partial charge in [-0.25, -0.2) is 0 Å². The molecular formula is C11H15BrN2O. The second-order valence-electron chi connectivity index (χ2n) is 3.58. The van der Waals surface area contributed by atoms with Gasteiger partial charge in [-0.2, -0.15) is 0 Å². The number of nitrogens with two attached hydrogens (primary N) is 1. The summed E-state index contributed by atoms with van der Waals surface area (Å²) in [6.45, 7) is 2.70. The molecule has 82 valence electrons. The second-order valence-corrected chi connectivity index (χ2v) is 4.49. The summed E-state index contributed by atoms with van der Waals surface area (Å²) in [6, 6.07) is 8.18. The normalized spacial score (nSPS) is 12.4. The molecule has 0 aliphatic carbocycles. The van der Waals surface area contributed by atoms with Crippen molar-refractivity contribution in [3.63, 3.8) is 0 Å². The van der Waals surface area contributed by atoms with E-state index in [-0.39, 0.29) is 11.9 Å². The van der Waals surface area contributed by atoms with Crippen LogP contribution in [0.25, 0.3) is 0 Å². The van der Waals surface area contributed by atoms with Gasteiger partial charge in [0.25, 0.3) is 0 Å². The molecule has 1 unspecified atom stereocenters. The zero-order valence-corrected chi connectivity index (χ0v) is 10.3. The molecule has 1 aromatic carbocycles. The molecule has 3 N–H and O–H groups in total. The average Bonchev–Trinajstić information content (AvgIpc) is 2.16. The Morgan fingerprint density at radius 2 is 2.07 bits per heavy atom. The van der Waals surface area contributed by atoms with Crippen LogP contribution in [0.3, 0.4) is 0 Å². The van der Waals surface area contributed by atoms with E-state index < -0.39 is 0 Å². The highest BCUT2D eigenvalue weighted by Crippen LogP contribution is 2.10. The van der Waals surface area contributed by atoms with Crippen LogP contribution >= 0.6 is 15.9 Å². The van der Waals surface area contributed by atoms with Crippen molar-refractivity contribution in [2.24, 2.45) is 5.73 Å². The van der Waals surface area contributed by atoms with Gasteiger partial charge < -0.3 is 11.1 Å². The molecule has 1 aromatic rings. The van der Waals surface area contributed by atoms with Crippen LogP contribution in [0.1, 0.15) is 18.9 Å². The lowest BCUT2D eigenvalue weighted by Crippen LogP contribution is -2.30. The van der Waals surface area contributed by atoms with Crippen LogP contribution in [0.15, 0.2) is 28.7 Å². The number of amides is 1. The maximum Gasteiger partial charge on any atom is 0.218 e. The third kappa shape index (κ3) is 4.95. The van der Waals surface area contributed by atoms with Crippen LogP contribution in [0, 0.1) is 0 Å². The average molecular weight is 271 g/mol. The molecule has 0 saturated heterocycles. The van der Waals surface area contributed by atoms with E-state index in [9.17, 15) is 4.79 Å². The molecular weight excluding hydrogens is 256 g/mol. The zero-order valence-electron chi connectivity index (χ0n) is 8.66. The topological polar surface area (TPSA) is 55.1 Å². The number of carbonyl (C=O) groups is 1. The minimum absolute atomic E-state index is 0.117. The van der Waals surface area contributed by atoms with Crippen LogP contribution in [-0.4, -0.2) is 11.9 Å². The van der Waals surface area contributed by atoms with Gasteiger partial charge in [-0.3, -0.25) is 4.79 Å². The van der Waals surface area contributed by atoms with Crippen molar-refractivity contribution in [1.82, 2.24) is 5.32 Å². The number of benzene rings is 1. The number of rotatable bonds is 5. The molecule has 0 aliphatic heterocycles. The third-order valence-electron chi connectivity index (χ3n) is 2.08. The highest BCUT2D eigenvalue weighted by molar-refractivity contribution is 9.10. The predicted octanol–water partition coefficient (Wildman–Crippen LogP) is 1.80. The first-order valence-corrected chi connectivity index (χ1v) is 5.63. The minimum Gasteiger partial charge on any atom is -0.370 e. The first kappa shape index (κ1) is 12.2. The molecule has 1 atom stereocenters. The Kier molecular flexibility index (Phi) is 4.78. The van der Waals surface area contributed by atoms with E-state index in [1.54, 1.807) is 0 Å². The lowest BCUT2D eigenvalue weighted by atomic mass is 10.2. The smallest absolute Gasteiger partial charge is 0.218 e. The van der Waals surface area contributed by atoms with E-state index in [0.717, 1.165) is 11.0 Å². The van der Waals surface area contributed by atoms with E-state index in [1.165, 1.54) is 5.56 Å². The van der Waals surface area contributed by atoms with Crippen molar-refractivity contribution < 1.29 is 4.79 Å². The van der Waals surface area contributed by atoms with Gasteiger partial charge >= 0.3 is 0 Å². The van der Waals surface area contributed by atoms with Crippen molar-refractivity contribution in [2.45, 2.75) is 25.9 Å². The maximum atomic E-state index is 10.6. The molecule has 0 spiro atoms. The van der Waals surface area contributed by atoms with Gasteiger partial charge in [0.1, 0.15) is 0 Å². The SMILES string of the molecule is CC(CC(N)=O)NCc1ccc(Br)cc1. The number of hydrogen-bond acceptors (Lipinski definition) is 2. The van der Waals surface area contributed by atoms with Crippen molar-refractivity contribution in [2.75, 3.05) is 0 Å². The number of primary amides is 1. The Labute approximate surface area is 98.2 Å². The highest BCUT2D eigenvalue weighted by atomic mass is 79.9. The summed E-state index contributed by atoms with van der Waals surface area (Å²) in [7, 11) is 0. The Bertz CT molecular complexity index is 324. The molecule has 0 fully saturated rings. The molecule has 15 heavy (non-hydrogen) atoms. The zero-order chi connectivity index (χ0) is 11.3. The van der Waals surface area contributed by atoms with E-state index in [4.69, 9.17) is 5.73 Å². The van der Waals surface area contributed by atoms with Gasteiger partial charge in [-0.1, -0.05) is 28.1 Å². The molecule has 0 saturated carbocycles. The molecule has 0 bridgehead atoms. The van der Waals surface area contributed by atoms with Gasteiger partial charge in [-0.05, 0) is 24.6 Å². The summed E-state index contributed by atoms with van der Waals surface area (Å²) < 4.78 is 1.07. The summed E-state index contributed by atoms with van der Waals surface area (Å²) in [4.78, 5) is 10.6. The Balaban J connectivity index is 2.36. The first-order chi connectivity index (χ1) is 7.08. The summed E-state index contributed by atoms with van der Waals surface area (Å²) in [6.07, 6.45) is 0.372. The molecule has 4 heteroatoms. The number of nitrogens with one attached hydrogen (secondary N) is 1. The third-order valence-corrected chi connectivity index (χ3v) is 2.60. The summed E-state index contributed by atoms with van der Waals surface area (Å²) in [5, 5.41) is 3.23. The standard InChI is InChI=1S/C11H15BrN2O/c1-8(6-11(13)15)14-7-9-2-4-10(12)5-3-9/h2-5,8,14H,6-7H2,1H3,(H2,13,15). The fourth-order valence-corrected chi connectivity index (χ4v) is 1.53. The van der Waals surface area contributed by atoms with Crippen LogP contribution in [-0.2, 0) is 11.3 Å². The molecule has 1 rings (SSSR count).